The Kier molecular flexibility index (Phi) is 3.40. The number of hydrogen-bond donors (Lipinski definition) is 1. The maximum atomic E-state index is 12.5. The van der Waals surface area contributed by atoms with E-state index in [1.54, 1.807) is 0 Å². The van der Waals surface area contributed by atoms with Gasteiger partial charge in [-0.15, -0.1) is 0 Å². The molecule has 0 saturated heterocycles. The second-order valence-corrected chi connectivity index (χ2v) is 3.22. The van der Waals surface area contributed by atoms with Crippen molar-refractivity contribution in [1.82, 2.24) is 0 Å². The highest BCUT2D eigenvalue weighted by Crippen LogP contribution is 2.08. The van der Waals surface area contributed by atoms with E-state index in [4.69, 9.17) is 0 Å². The Balaban J connectivity index is 2.66. The van der Waals surface area contributed by atoms with Crippen molar-refractivity contribution in [2.45, 2.75) is 13.8 Å². The van der Waals surface area contributed by atoms with Crippen LogP contribution in [0.1, 0.15) is 13.8 Å². The lowest BCUT2D eigenvalue weighted by atomic mass is 10.3. The third-order valence-electron chi connectivity index (χ3n) is 1.53. The highest BCUT2D eigenvalue weighted by atomic mass is 19.1. The summed E-state index contributed by atoms with van der Waals surface area (Å²) in [5, 5.41) is 2.62. The smallest absolute Gasteiger partial charge is 0.248 e. The molecule has 0 aromatic heterocycles. The summed E-state index contributed by atoms with van der Waals surface area (Å²) in [4.78, 5) is 11.2. The molecule has 1 N–H and O–H groups in total. The summed E-state index contributed by atoms with van der Waals surface area (Å²) >= 11 is 0. The molecule has 0 aliphatic carbocycles. The number of carbonyl (C=O) groups is 1. The van der Waals surface area contributed by atoms with Crippen LogP contribution in [0.5, 0.6) is 0 Å². The van der Waals surface area contributed by atoms with Crippen molar-refractivity contribution < 1.29 is 9.18 Å². The zero-order valence-corrected chi connectivity index (χ0v) is 8.17. The molecule has 0 saturated carbocycles. The SMILES string of the molecule is CC(C)=CC(=O)Nc1ccc(F)cc1. The molecule has 1 rings (SSSR count). The van der Waals surface area contributed by atoms with Crippen LogP contribution in [0.15, 0.2) is 35.9 Å². The second-order valence-electron chi connectivity index (χ2n) is 3.22. The van der Waals surface area contributed by atoms with E-state index in [2.05, 4.69) is 5.32 Å². The zero-order chi connectivity index (χ0) is 10.6. The largest absolute Gasteiger partial charge is 0.323 e. The molecule has 14 heavy (non-hydrogen) atoms. The molecular weight excluding hydrogens is 181 g/mol. The van der Waals surface area contributed by atoms with Gasteiger partial charge in [0.15, 0.2) is 0 Å². The normalized spacial score (nSPS) is 9.36. The van der Waals surface area contributed by atoms with Gasteiger partial charge >= 0.3 is 0 Å². The third kappa shape index (κ3) is 3.39. The minimum absolute atomic E-state index is 0.198. The van der Waals surface area contributed by atoms with Gasteiger partial charge < -0.3 is 5.32 Å². The predicted molar refractivity (Wildman–Crippen MR) is 54.5 cm³/mol. The summed E-state index contributed by atoms with van der Waals surface area (Å²) in [6, 6.07) is 5.65. The number of halogens is 1. The highest BCUT2D eigenvalue weighted by molar-refractivity contribution is 5.99. The molecule has 0 aliphatic heterocycles. The van der Waals surface area contributed by atoms with Gasteiger partial charge in [0.1, 0.15) is 5.82 Å². The standard InChI is InChI=1S/C11H12FNO/c1-8(2)7-11(14)13-10-5-3-9(12)4-6-10/h3-7H,1-2H3,(H,13,14). The lowest BCUT2D eigenvalue weighted by Gasteiger charge is -2.01. The van der Waals surface area contributed by atoms with E-state index >= 15 is 0 Å². The maximum absolute atomic E-state index is 12.5. The predicted octanol–water partition coefficient (Wildman–Crippen LogP) is 2.73. The summed E-state index contributed by atoms with van der Waals surface area (Å²) < 4.78 is 12.5. The Hall–Kier alpha value is -1.64. The summed E-state index contributed by atoms with van der Waals surface area (Å²) in [6.45, 7) is 3.68. The van der Waals surface area contributed by atoms with Crippen LogP contribution in [-0.2, 0) is 4.79 Å². The van der Waals surface area contributed by atoms with Crippen molar-refractivity contribution in [2.75, 3.05) is 5.32 Å². The van der Waals surface area contributed by atoms with Crippen LogP contribution in [0.2, 0.25) is 0 Å². The van der Waals surface area contributed by atoms with Gasteiger partial charge in [0.2, 0.25) is 5.91 Å². The first kappa shape index (κ1) is 10.4. The van der Waals surface area contributed by atoms with E-state index in [1.807, 2.05) is 13.8 Å². The molecule has 3 heteroatoms. The van der Waals surface area contributed by atoms with Crippen molar-refractivity contribution in [3.63, 3.8) is 0 Å². The van der Waals surface area contributed by atoms with E-state index in [0.29, 0.717) is 5.69 Å². The molecule has 0 bridgehead atoms. The molecule has 0 radical (unpaired) electrons. The van der Waals surface area contributed by atoms with Crippen LogP contribution < -0.4 is 5.32 Å². The number of hydrogen-bond acceptors (Lipinski definition) is 1. The molecule has 0 spiro atoms. The molecule has 1 aromatic carbocycles. The van der Waals surface area contributed by atoms with Gasteiger partial charge in [-0.1, -0.05) is 5.57 Å². The molecule has 2 nitrogen and oxygen atoms in total. The zero-order valence-electron chi connectivity index (χ0n) is 8.17. The number of nitrogens with one attached hydrogen (secondary N) is 1. The van der Waals surface area contributed by atoms with Gasteiger partial charge in [0, 0.05) is 11.8 Å². The van der Waals surface area contributed by atoms with E-state index in [9.17, 15) is 9.18 Å². The van der Waals surface area contributed by atoms with E-state index < -0.39 is 0 Å². The van der Waals surface area contributed by atoms with Crippen LogP contribution in [0.3, 0.4) is 0 Å². The van der Waals surface area contributed by atoms with E-state index in [1.165, 1.54) is 30.3 Å². The molecule has 0 unspecified atom stereocenters. The fourth-order valence-corrected chi connectivity index (χ4v) is 0.974. The number of carbonyl (C=O) groups excluding carboxylic acids is 1. The number of allylic oxidation sites excluding steroid dienone is 1. The quantitative estimate of drug-likeness (QED) is 0.719. The number of amides is 1. The monoisotopic (exact) mass is 193 g/mol. The average Bonchev–Trinajstić information content (AvgIpc) is 2.07. The van der Waals surface area contributed by atoms with E-state index in [-0.39, 0.29) is 11.7 Å². The van der Waals surface area contributed by atoms with Gasteiger partial charge in [-0.3, -0.25) is 4.79 Å². The third-order valence-corrected chi connectivity index (χ3v) is 1.53. The molecule has 74 valence electrons. The van der Waals surface area contributed by atoms with Crippen LogP contribution >= 0.6 is 0 Å². The van der Waals surface area contributed by atoms with Crippen LogP contribution in [-0.4, -0.2) is 5.91 Å². The van der Waals surface area contributed by atoms with Gasteiger partial charge in [0.05, 0.1) is 0 Å². The lowest BCUT2D eigenvalue weighted by Crippen LogP contribution is -2.08. The molecular formula is C11H12FNO. The molecule has 0 atom stereocenters. The molecule has 0 fully saturated rings. The Morgan fingerprint density at radius 1 is 1.29 bits per heavy atom. The molecule has 0 heterocycles. The molecule has 1 aromatic rings. The van der Waals surface area contributed by atoms with Gasteiger partial charge in [-0.05, 0) is 38.1 Å². The first-order valence-corrected chi connectivity index (χ1v) is 4.29. The first-order chi connectivity index (χ1) is 6.58. The van der Waals surface area contributed by atoms with Crippen molar-refractivity contribution >= 4 is 11.6 Å². The van der Waals surface area contributed by atoms with Gasteiger partial charge in [0.25, 0.3) is 0 Å². The second kappa shape index (κ2) is 4.56. The van der Waals surface area contributed by atoms with Crippen molar-refractivity contribution in [3.05, 3.63) is 41.7 Å². The van der Waals surface area contributed by atoms with Crippen LogP contribution in [0.4, 0.5) is 10.1 Å². The number of benzene rings is 1. The Morgan fingerprint density at radius 3 is 2.36 bits per heavy atom. The lowest BCUT2D eigenvalue weighted by molar-refractivity contribution is -0.111. The van der Waals surface area contributed by atoms with Crippen molar-refractivity contribution in [1.29, 1.82) is 0 Å². The van der Waals surface area contributed by atoms with Crippen molar-refractivity contribution in [3.8, 4) is 0 Å². The van der Waals surface area contributed by atoms with Crippen molar-refractivity contribution in [2.24, 2.45) is 0 Å². The molecule has 0 aliphatic rings. The summed E-state index contributed by atoms with van der Waals surface area (Å²) in [6.07, 6.45) is 1.49. The van der Waals surface area contributed by atoms with Crippen LogP contribution in [0, 0.1) is 5.82 Å². The fourth-order valence-electron chi connectivity index (χ4n) is 0.974. The minimum Gasteiger partial charge on any atom is -0.323 e. The van der Waals surface area contributed by atoms with Gasteiger partial charge in [-0.25, -0.2) is 4.39 Å². The van der Waals surface area contributed by atoms with E-state index in [0.717, 1.165) is 5.57 Å². The first-order valence-electron chi connectivity index (χ1n) is 4.29. The van der Waals surface area contributed by atoms with Crippen LogP contribution in [0.25, 0.3) is 0 Å². The summed E-state index contributed by atoms with van der Waals surface area (Å²) in [7, 11) is 0. The Morgan fingerprint density at radius 2 is 1.86 bits per heavy atom. The summed E-state index contributed by atoms with van der Waals surface area (Å²) in [5.74, 6) is -0.512. The topological polar surface area (TPSA) is 29.1 Å². The minimum atomic E-state index is -0.315. The Bertz CT molecular complexity index is 350. The molecule has 1 amide bonds. The number of rotatable bonds is 2. The number of anilines is 1. The Labute approximate surface area is 82.4 Å². The maximum Gasteiger partial charge on any atom is 0.248 e. The summed E-state index contributed by atoms with van der Waals surface area (Å²) in [5.41, 5.74) is 1.51. The average molecular weight is 193 g/mol. The highest BCUT2D eigenvalue weighted by Gasteiger charge is 1.97. The van der Waals surface area contributed by atoms with Gasteiger partial charge in [-0.2, -0.15) is 0 Å². The fraction of sp³-hybridized carbons (Fsp3) is 0.182.